The first-order valence-corrected chi connectivity index (χ1v) is 8.49. The minimum atomic E-state index is -0.771. The van der Waals surface area contributed by atoms with Gasteiger partial charge in [-0.25, -0.2) is 0 Å². The molecule has 0 aliphatic rings. The first kappa shape index (κ1) is 24.5. The molecule has 2 atom stereocenters. The molecule has 6 N–H and O–H groups in total. The van der Waals surface area contributed by atoms with E-state index in [4.69, 9.17) is 15.9 Å². The minimum absolute atomic E-state index is 0. The Hall–Kier alpha value is -2.55. The Balaban J connectivity index is 0.00000676. The molecule has 0 unspecified atom stereocenters. The fourth-order valence-electron chi connectivity index (χ4n) is 2.32. The van der Waals surface area contributed by atoms with Crippen molar-refractivity contribution in [2.24, 2.45) is 22.4 Å². The molecular weight excluding hydrogens is 374 g/mol. The van der Waals surface area contributed by atoms with Gasteiger partial charge in [-0.05, 0) is 37.3 Å². The maximum Gasteiger partial charge on any atom is 0.287 e. The third kappa shape index (κ3) is 9.64. The van der Waals surface area contributed by atoms with Crippen LogP contribution in [0, 0.1) is 5.92 Å². The summed E-state index contributed by atoms with van der Waals surface area (Å²) in [5.74, 6) is -0.631. The number of halogens is 1. The van der Waals surface area contributed by atoms with Crippen molar-refractivity contribution in [2.45, 2.75) is 45.2 Å². The fourth-order valence-corrected chi connectivity index (χ4v) is 2.32. The number of amides is 2. The lowest BCUT2D eigenvalue weighted by atomic mass is 10.0. The molecule has 9 nitrogen and oxygen atoms in total. The van der Waals surface area contributed by atoms with Crippen molar-refractivity contribution in [3.8, 4) is 0 Å². The number of nitrogens with two attached hydrogens (primary N) is 2. The van der Waals surface area contributed by atoms with E-state index in [2.05, 4.69) is 15.6 Å². The molecular formula is C17H28ClN5O4. The molecule has 1 rings (SSSR count). The molecule has 10 heteroatoms. The molecule has 0 saturated heterocycles. The second kappa shape index (κ2) is 12.7. The van der Waals surface area contributed by atoms with E-state index >= 15 is 0 Å². The molecule has 0 aliphatic carbocycles. The second-order valence-electron chi connectivity index (χ2n) is 6.33. The van der Waals surface area contributed by atoms with E-state index in [1.165, 1.54) is 12.3 Å². The summed E-state index contributed by atoms with van der Waals surface area (Å²) in [6.45, 7) is 4.24. The molecule has 27 heavy (non-hydrogen) atoms. The molecule has 1 aromatic heterocycles. The van der Waals surface area contributed by atoms with Crippen molar-refractivity contribution >= 4 is 36.5 Å². The van der Waals surface area contributed by atoms with Gasteiger partial charge in [0.1, 0.15) is 12.3 Å². The molecule has 0 fully saturated rings. The highest BCUT2D eigenvalue weighted by Gasteiger charge is 2.25. The Kier molecular flexibility index (Phi) is 11.5. The third-order valence-corrected chi connectivity index (χ3v) is 3.53. The molecule has 2 amide bonds. The van der Waals surface area contributed by atoms with Crippen LogP contribution in [0.1, 0.15) is 43.7 Å². The Morgan fingerprint density at radius 2 is 2.00 bits per heavy atom. The number of nitrogens with zero attached hydrogens (tertiary/aromatic N) is 1. The smallest absolute Gasteiger partial charge is 0.287 e. The van der Waals surface area contributed by atoms with Gasteiger partial charge in [0.15, 0.2) is 11.7 Å². The predicted molar refractivity (Wildman–Crippen MR) is 105 cm³/mol. The summed E-state index contributed by atoms with van der Waals surface area (Å²) in [6.07, 6.45) is 3.40. The van der Waals surface area contributed by atoms with Gasteiger partial charge in [-0.3, -0.25) is 14.6 Å². The SMILES string of the molecule is CC(C)C[C@H](NC(=O)c1ccco1)C(=O)N[C@H](C=O)CCCN=C(N)N.Cl. The highest BCUT2D eigenvalue weighted by atomic mass is 35.5. The number of guanidine groups is 1. The van der Waals surface area contributed by atoms with Gasteiger partial charge in [0.2, 0.25) is 5.91 Å². The first-order valence-electron chi connectivity index (χ1n) is 8.49. The summed E-state index contributed by atoms with van der Waals surface area (Å²) in [5, 5.41) is 5.29. The second-order valence-corrected chi connectivity index (χ2v) is 6.33. The van der Waals surface area contributed by atoms with Crippen LogP contribution in [0.5, 0.6) is 0 Å². The molecule has 0 aliphatic heterocycles. The van der Waals surface area contributed by atoms with E-state index in [1.54, 1.807) is 6.07 Å². The number of rotatable bonds is 11. The number of nitrogens with one attached hydrogen (secondary N) is 2. The van der Waals surface area contributed by atoms with Gasteiger partial charge in [0.05, 0.1) is 12.3 Å². The van der Waals surface area contributed by atoms with E-state index in [9.17, 15) is 14.4 Å². The molecule has 0 aromatic carbocycles. The topological polar surface area (TPSA) is 153 Å². The Bertz CT molecular complexity index is 615. The molecule has 0 spiro atoms. The van der Waals surface area contributed by atoms with Crippen molar-refractivity contribution < 1.29 is 18.8 Å². The zero-order valence-corrected chi connectivity index (χ0v) is 16.3. The van der Waals surface area contributed by atoms with Crippen LogP contribution in [-0.4, -0.2) is 42.7 Å². The van der Waals surface area contributed by atoms with Gasteiger partial charge in [-0.2, -0.15) is 0 Å². The predicted octanol–water partition coefficient (Wildman–Crippen LogP) is 0.583. The lowest BCUT2D eigenvalue weighted by molar-refractivity contribution is -0.126. The Morgan fingerprint density at radius 3 is 2.52 bits per heavy atom. The van der Waals surface area contributed by atoms with Gasteiger partial charge in [-0.15, -0.1) is 12.4 Å². The number of carbonyl (C=O) groups is 3. The zero-order chi connectivity index (χ0) is 19.5. The number of hydrogen-bond donors (Lipinski definition) is 4. The van der Waals surface area contributed by atoms with Crippen molar-refractivity contribution in [1.29, 1.82) is 0 Å². The van der Waals surface area contributed by atoms with E-state index < -0.39 is 23.9 Å². The average molecular weight is 402 g/mol. The summed E-state index contributed by atoms with van der Waals surface area (Å²) in [4.78, 5) is 39.7. The number of carbonyl (C=O) groups excluding carboxylic acids is 3. The van der Waals surface area contributed by atoms with Crippen LogP contribution in [0.4, 0.5) is 0 Å². The van der Waals surface area contributed by atoms with E-state index in [1.807, 2.05) is 13.8 Å². The Morgan fingerprint density at radius 1 is 1.30 bits per heavy atom. The lowest BCUT2D eigenvalue weighted by Crippen LogP contribution is -2.50. The van der Waals surface area contributed by atoms with Gasteiger partial charge in [0.25, 0.3) is 5.91 Å². The standard InChI is InChI=1S/C17H27N5O4.ClH/c1-11(2)9-13(22-16(25)14-6-4-8-26-14)15(24)21-12(10-23)5-3-7-20-17(18)19;/h4,6,8,10-13H,3,5,7,9H2,1-2H3,(H,21,24)(H,22,25)(H4,18,19,20);1H/t12-,13-;/m0./s1. The van der Waals surface area contributed by atoms with Crippen LogP contribution >= 0.6 is 12.4 Å². The summed E-state index contributed by atoms with van der Waals surface area (Å²) >= 11 is 0. The summed E-state index contributed by atoms with van der Waals surface area (Å²) < 4.78 is 5.04. The van der Waals surface area contributed by atoms with Crippen molar-refractivity contribution in [1.82, 2.24) is 10.6 Å². The maximum absolute atomic E-state index is 12.5. The monoisotopic (exact) mass is 401 g/mol. The highest BCUT2D eigenvalue weighted by molar-refractivity contribution is 5.95. The Labute approximate surface area is 164 Å². The van der Waals surface area contributed by atoms with E-state index in [0.717, 1.165) is 0 Å². The normalized spacial score (nSPS) is 12.4. The number of furan rings is 1. The molecule has 152 valence electrons. The van der Waals surface area contributed by atoms with Crippen LogP contribution in [-0.2, 0) is 9.59 Å². The third-order valence-electron chi connectivity index (χ3n) is 3.53. The zero-order valence-electron chi connectivity index (χ0n) is 15.5. The molecule has 0 saturated carbocycles. The summed E-state index contributed by atoms with van der Waals surface area (Å²) in [6, 6.07) is 1.66. The minimum Gasteiger partial charge on any atom is -0.459 e. The molecule has 1 heterocycles. The molecule has 1 aromatic rings. The maximum atomic E-state index is 12.5. The summed E-state index contributed by atoms with van der Waals surface area (Å²) in [5.41, 5.74) is 10.5. The fraction of sp³-hybridized carbons (Fsp3) is 0.529. The van der Waals surface area contributed by atoms with E-state index in [0.29, 0.717) is 32.1 Å². The van der Waals surface area contributed by atoms with Crippen LogP contribution in [0.2, 0.25) is 0 Å². The number of hydrogen-bond acceptors (Lipinski definition) is 5. The molecule has 0 radical (unpaired) electrons. The van der Waals surface area contributed by atoms with Gasteiger partial charge >= 0.3 is 0 Å². The molecule has 0 bridgehead atoms. The van der Waals surface area contributed by atoms with E-state index in [-0.39, 0.29) is 30.0 Å². The van der Waals surface area contributed by atoms with Crippen molar-refractivity contribution in [3.05, 3.63) is 24.2 Å². The van der Waals surface area contributed by atoms with Gasteiger partial charge in [0, 0.05) is 6.54 Å². The number of aliphatic imine (C=N–C) groups is 1. The van der Waals surface area contributed by atoms with Crippen LogP contribution in [0.15, 0.2) is 27.8 Å². The average Bonchev–Trinajstić information content (AvgIpc) is 3.10. The van der Waals surface area contributed by atoms with Crippen LogP contribution < -0.4 is 22.1 Å². The van der Waals surface area contributed by atoms with Crippen molar-refractivity contribution in [3.63, 3.8) is 0 Å². The summed E-state index contributed by atoms with van der Waals surface area (Å²) in [7, 11) is 0. The lowest BCUT2D eigenvalue weighted by Gasteiger charge is -2.21. The van der Waals surface area contributed by atoms with Gasteiger partial charge < -0.3 is 31.3 Å². The largest absolute Gasteiger partial charge is 0.459 e. The number of aldehydes is 1. The first-order chi connectivity index (χ1) is 12.3. The highest BCUT2D eigenvalue weighted by Crippen LogP contribution is 2.08. The quantitative estimate of drug-likeness (QED) is 0.184. The van der Waals surface area contributed by atoms with Crippen LogP contribution in [0.25, 0.3) is 0 Å². The van der Waals surface area contributed by atoms with Gasteiger partial charge in [-0.1, -0.05) is 13.8 Å². The van der Waals surface area contributed by atoms with Crippen LogP contribution in [0.3, 0.4) is 0 Å². The van der Waals surface area contributed by atoms with Crippen molar-refractivity contribution in [2.75, 3.05) is 6.54 Å².